The Balaban J connectivity index is 1.71. The molecule has 0 aliphatic carbocycles. The highest BCUT2D eigenvalue weighted by atomic mass is 32.2. The second kappa shape index (κ2) is 8.23. The monoisotopic (exact) mass is 386 g/mol. The summed E-state index contributed by atoms with van der Waals surface area (Å²) >= 11 is 0. The van der Waals surface area contributed by atoms with Crippen LogP contribution in [-0.2, 0) is 16.6 Å². The van der Waals surface area contributed by atoms with E-state index in [-0.39, 0.29) is 10.8 Å². The fraction of sp³-hybridized carbons (Fsp3) is 0.381. The Labute approximate surface area is 161 Å². The molecule has 1 atom stereocenters. The second-order valence-electron chi connectivity index (χ2n) is 7.28. The van der Waals surface area contributed by atoms with Gasteiger partial charge in [0, 0.05) is 32.2 Å². The van der Waals surface area contributed by atoms with Crippen molar-refractivity contribution in [1.82, 2.24) is 9.21 Å². The van der Waals surface area contributed by atoms with Crippen LogP contribution in [0, 0.1) is 5.92 Å². The van der Waals surface area contributed by atoms with Crippen LogP contribution in [0.4, 0.5) is 0 Å². The largest absolute Gasteiger partial charge is 0.337 e. The van der Waals surface area contributed by atoms with Crippen molar-refractivity contribution in [3.63, 3.8) is 0 Å². The summed E-state index contributed by atoms with van der Waals surface area (Å²) < 4.78 is 27.2. The van der Waals surface area contributed by atoms with E-state index in [1.54, 1.807) is 28.4 Å². The zero-order valence-corrected chi connectivity index (χ0v) is 16.7. The molecule has 6 heteroatoms. The van der Waals surface area contributed by atoms with Crippen LogP contribution >= 0.6 is 0 Å². The van der Waals surface area contributed by atoms with Gasteiger partial charge in [-0.2, -0.15) is 4.31 Å². The van der Waals surface area contributed by atoms with E-state index in [0.717, 1.165) is 18.4 Å². The first-order chi connectivity index (χ1) is 12.9. The van der Waals surface area contributed by atoms with Gasteiger partial charge in [0.05, 0.1) is 4.90 Å². The molecule has 0 saturated carbocycles. The summed E-state index contributed by atoms with van der Waals surface area (Å²) in [5.41, 5.74) is 1.53. The Morgan fingerprint density at radius 1 is 1.11 bits per heavy atom. The minimum absolute atomic E-state index is 0.130. The predicted octanol–water partition coefficient (Wildman–Crippen LogP) is 3.38. The van der Waals surface area contributed by atoms with Gasteiger partial charge in [0.25, 0.3) is 5.91 Å². The van der Waals surface area contributed by atoms with Gasteiger partial charge in [-0.15, -0.1) is 0 Å². The molecule has 1 aliphatic rings. The molecule has 144 valence electrons. The molecule has 1 aliphatic heterocycles. The van der Waals surface area contributed by atoms with Crippen molar-refractivity contribution in [3.05, 3.63) is 65.7 Å². The van der Waals surface area contributed by atoms with Crippen LogP contribution in [0.2, 0.25) is 0 Å². The lowest BCUT2D eigenvalue weighted by molar-refractivity contribution is 0.0785. The van der Waals surface area contributed by atoms with Crippen LogP contribution < -0.4 is 0 Å². The lowest BCUT2D eigenvalue weighted by Gasteiger charge is -2.30. The zero-order chi connectivity index (χ0) is 19.4. The number of benzene rings is 2. The first-order valence-corrected chi connectivity index (χ1v) is 10.7. The zero-order valence-electron chi connectivity index (χ0n) is 15.8. The third-order valence-electron chi connectivity index (χ3n) is 4.97. The molecular weight excluding hydrogens is 360 g/mol. The van der Waals surface area contributed by atoms with Gasteiger partial charge in [0.2, 0.25) is 10.0 Å². The summed E-state index contributed by atoms with van der Waals surface area (Å²) in [5.74, 6) is 0.246. The molecule has 1 amide bonds. The minimum Gasteiger partial charge on any atom is -0.337 e. The summed E-state index contributed by atoms with van der Waals surface area (Å²) in [4.78, 5) is 14.5. The van der Waals surface area contributed by atoms with Crippen molar-refractivity contribution in [3.8, 4) is 0 Å². The van der Waals surface area contributed by atoms with E-state index >= 15 is 0 Å². The van der Waals surface area contributed by atoms with E-state index in [1.807, 2.05) is 30.3 Å². The molecule has 0 bridgehead atoms. The maximum atomic E-state index is 12.8. The van der Waals surface area contributed by atoms with Gasteiger partial charge in [-0.1, -0.05) is 37.3 Å². The Kier molecular flexibility index (Phi) is 5.97. The van der Waals surface area contributed by atoms with E-state index < -0.39 is 10.0 Å². The van der Waals surface area contributed by atoms with Crippen molar-refractivity contribution < 1.29 is 13.2 Å². The standard InChI is InChI=1S/C21H26N2O3S/c1-17-7-6-14-23(15-17)27(25,26)20-12-10-19(11-13-20)21(24)22(2)16-18-8-4-3-5-9-18/h3-5,8-13,17H,6-7,14-16H2,1-2H3. The Bertz CT molecular complexity index is 879. The number of amides is 1. The topological polar surface area (TPSA) is 57.7 Å². The number of hydrogen-bond donors (Lipinski definition) is 0. The quantitative estimate of drug-likeness (QED) is 0.792. The Morgan fingerprint density at radius 2 is 1.78 bits per heavy atom. The number of hydrogen-bond acceptors (Lipinski definition) is 3. The van der Waals surface area contributed by atoms with Crippen molar-refractivity contribution in [1.29, 1.82) is 0 Å². The fourth-order valence-corrected chi connectivity index (χ4v) is 5.03. The molecule has 5 nitrogen and oxygen atoms in total. The average Bonchev–Trinajstić information content (AvgIpc) is 2.68. The highest BCUT2D eigenvalue weighted by Crippen LogP contribution is 2.24. The number of nitrogens with zero attached hydrogens (tertiary/aromatic N) is 2. The molecule has 1 fully saturated rings. The molecule has 0 spiro atoms. The highest BCUT2D eigenvalue weighted by molar-refractivity contribution is 7.89. The van der Waals surface area contributed by atoms with Crippen molar-refractivity contribution in [2.45, 2.75) is 31.2 Å². The average molecular weight is 387 g/mol. The minimum atomic E-state index is -3.50. The smallest absolute Gasteiger partial charge is 0.253 e. The lowest BCUT2D eigenvalue weighted by atomic mass is 10.0. The fourth-order valence-electron chi connectivity index (χ4n) is 3.43. The van der Waals surface area contributed by atoms with Crippen LogP contribution in [0.15, 0.2) is 59.5 Å². The molecule has 3 rings (SSSR count). The number of carbonyl (C=O) groups excluding carboxylic acids is 1. The van der Waals surface area contributed by atoms with Gasteiger partial charge in [-0.25, -0.2) is 8.42 Å². The summed E-state index contributed by atoms with van der Waals surface area (Å²) in [6.07, 6.45) is 1.95. The normalized spacial score (nSPS) is 18.2. The van der Waals surface area contributed by atoms with Crippen molar-refractivity contribution in [2.24, 2.45) is 5.92 Å². The number of carbonyl (C=O) groups is 1. The summed E-state index contributed by atoms with van der Waals surface area (Å²) in [7, 11) is -1.75. The molecule has 0 aromatic heterocycles. The molecule has 1 unspecified atom stereocenters. The van der Waals surface area contributed by atoms with E-state index in [9.17, 15) is 13.2 Å². The molecule has 0 radical (unpaired) electrons. The molecule has 1 saturated heterocycles. The predicted molar refractivity (Wildman–Crippen MR) is 106 cm³/mol. The van der Waals surface area contributed by atoms with E-state index in [0.29, 0.717) is 31.1 Å². The first kappa shape index (κ1) is 19.6. The van der Waals surface area contributed by atoms with Gasteiger partial charge in [0.1, 0.15) is 0 Å². The van der Waals surface area contributed by atoms with E-state index in [4.69, 9.17) is 0 Å². The molecule has 1 heterocycles. The summed E-state index contributed by atoms with van der Waals surface area (Å²) in [6.45, 7) is 3.70. The van der Waals surface area contributed by atoms with Gasteiger partial charge in [-0.05, 0) is 48.6 Å². The van der Waals surface area contributed by atoms with Crippen molar-refractivity contribution in [2.75, 3.05) is 20.1 Å². The molecule has 2 aromatic carbocycles. The number of rotatable bonds is 5. The maximum Gasteiger partial charge on any atom is 0.253 e. The second-order valence-corrected chi connectivity index (χ2v) is 9.22. The van der Waals surface area contributed by atoms with Crippen LogP contribution in [0.1, 0.15) is 35.7 Å². The third kappa shape index (κ3) is 4.57. The van der Waals surface area contributed by atoms with Crippen LogP contribution in [-0.4, -0.2) is 43.7 Å². The third-order valence-corrected chi connectivity index (χ3v) is 6.85. The molecule has 2 aromatic rings. The Morgan fingerprint density at radius 3 is 2.41 bits per heavy atom. The van der Waals surface area contributed by atoms with E-state index in [1.165, 1.54) is 12.1 Å². The molecule has 27 heavy (non-hydrogen) atoms. The van der Waals surface area contributed by atoms with Crippen molar-refractivity contribution >= 4 is 15.9 Å². The highest BCUT2D eigenvalue weighted by Gasteiger charge is 2.28. The van der Waals surface area contributed by atoms with Crippen LogP contribution in [0.5, 0.6) is 0 Å². The van der Waals surface area contributed by atoms with E-state index in [2.05, 4.69) is 6.92 Å². The lowest BCUT2D eigenvalue weighted by Crippen LogP contribution is -2.39. The first-order valence-electron chi connectivity index (χ1n) is 9.27. The summed E-state index contributed by atoms with van der Waals surface area (Å²) in [5, 5.41) is 0. The Hall–Kier alpha value is -2.18. The van der Waals surface area contributed by atoms with Gasteiger partial charge >= 0.3 is 0 Å². The molecular formula is C21H26N2O3S. The van der Waals surface area contributed by atoms with Gasteiger partial charge in [-0.3, -0.25) is 4.79 Å². The van der Waals surface area contributed by atoms with Crippen LogP contribution in [0.3, 0.4) is 0 Å². The maximum absolute atomic E-state index is 12.8. The van der Waals surface area contributed by atoms with Gasteiger partial charge in [0.15, 0.2) is 0 Å². The number of sulfonamides is 1. The van der Waals surface area contributed by atoms with Gasteiger partial charge < -0.3 is 4.90 Å². The van der Waals surface area contributed by atoms with Crippen LogP contribution in [0.25, 0.3) is 0 Å². The number of piperidine rings is 1. The molecule has 0 N–H and O–H groups in total. The summed E-state index contributed by atoms with van der Waals surface area (Å²) in [6, 6.07) is 16.0. The SMILES string of the molecule is CC1CCCN(S(=O)(=O)c2ccc(C(=O)N(C)Cc3ccccc3)cc2)C1.